The number of hydrogen-bond acceptors (Lipinski definition) is 6. The molecule has 0 amide bonds. The van der Waals surface area contributed by atoms with Crippen molar-refractivity contribution in [3.05, 3.63) is 85.6 Å². The van der Waals surface area contributed by atoms with E-state index in [-0.39, 0.29) is 6.04 Å². The van der Waals surface area contributed by atoms with Gasteiger partial charge in [-0.25, -0.2) is 19.3 Å². The average Bonchev–Trinajstić information content (AvgIpc) is 3.42. The van der Waals surface area contributed by atoms with Crippen molar-refractivity contribution in [1.82, 2.24) is 19.5 Å². The summed E-state index contributed by atoms with van der Waals surface area (Å²) in [4.78, 5) is 27.9. The highest BCUT2D eigenvalue weighted by molar-refractivity contribution is 5.78. The van der Waals surface area contributed by atoms with Crippen molar-refractivity contribution in [2.24, 2.45) is 0 Å². The SMILES string of the molecule is CC(C)N(CCCCOC(=O)n1ccnc1)c1cnc(-c2ccccc2)c(-c2ccccc2)n1. The molecule has 34 heavy (non-hydrogen) atoms. The lowest BCUT2D eigenvalue weighted by molar-refractivity contribution is 0.146. The summed E-state index contributed by atoms with van der Waals surface area (Å²) in [5, 5.41) is 0. The van der Waals surface area contributed by atoms with E-state index in [0.717, 1.165) is 47.7 Å². The topological polar surface area (TPSA) is 73.1 Å². The van der Waals surface area contributed by atoms with E-state index in [1.807, 2.05) is 42.6 Å². The summed E-state index contributed by atoms with van der Waals surface area (Å²) < 4.78 is 6.64. The molecule has 2 heterocycles. The molecule has 174 valence electrons. The average molecular weight is 456 g/mol. The number of anilines is 1. The van der Waals surface area contributed by atoms with E-state index in [2.05, 4.69) is 48.0 Å². The molecule has 0 aliphatic carbocycles. The Kier molecular flexibility index (Phi) is 7.65. The van der Waals surface area contributed by atoms with Gasteiger partial charge in [-0.15, -0.1) is 0 Å². The summed E-state index contributed by atoms with van der Waals surface area (Å²) in [6.07, 6.45) is 7.62. The van der Waals surface area contributed by atoms with Gasteiger partial charge in [0.05, 0.1) is 24.2 Å². The maximum absolute atomic E-state index is 11.9. The number of carbonyl (C=O) groups is 1. The molecule has 0 bridgehead atoms. The molecule has 4 rings (SSSR count). The van der Waals surface area contributed by atoms with Gasteiger partial charge in [0.2, 0.25) is 0 Å². The molecule has 0 N–H and O–H groups in total. The first-order valence-corrected chi connectivity index (χ1v) is 11.5. The van der Waals surface area contributed by atoms with Crippen LogP contribution < -0.4 is 4.90 Å². The molecule has 0 saturated carbocycles. The number of unbranched alkanes of at least 4 members (excludes halogenated alkanes) is 1. The first-order chi connectivity index (χ1) is 16.6. The van der Waals surface area contributed by atoms with Crippen LogP contribution in [0.2, 0.25) is 0 Å². The Hall–Kier alpha value is -4.00. The maximum atomic E-state index is 11.9. The highest BCUT2D eigenvalue weighted by Gasteiger charge is 2.17. The minimum Gasteiger partial charge on any atom is -0.449 e. The first kappa shape index (κ1) is 23.2. The Bertz CT molecular complexity index is 1180. The Morgan fingerprint density at radius 3 is 2.26 bits per heavy atom. The number of nitrogens with zero attached hydrogens (tertiary/aromatic N) is 5. The molecule has 0 atom stereocenters. The quantitative estimate of drug-likeness (QED) is 0.302. The Labute approximate surface area is 200 Å². The summed E-state index contributed by atoms with van der Waals surface area (Å²) in [6.45, 7) is 5.44. The zero-order chi connectivity index (χ0) is 23.8. The molecule has 7 heteroatoms. The lowest BCUT2D eigenvalue weighted by atomic mass is 10.0. The summed E-state index contributed by atoms with van der Waals surface area (Å²) in [5.74, 6) is 0.837. The van der Waals surface area contributed by atoms with E-state index in [1.54, 1.807) is 12.4 Å². The molecule has 0 aliphatic rings. The fraction of sp³-hybridized carbons (Fsp3) is 0.259. The van der Waals surface area contributed by atoms with Gasteiger partial charge < -0.3 is 9.64 Å². The van der Waals surface area contributed by atoms with Crippen LogP contribution in [0.5, 0.6) is 0 Å². The lowest BCUT2D eigenvalue weighted by Gasteiger charge is -2.28. The molecule has 7 nitrogen and oxygen atoms in total. The smallest absolute Gasteiger partial charge is 0.419 e. The van der Waals surface area contributed by atoms with Crippen LogP contribution >= 0.6 is 0 Å². The van der Waals surface area contributed by atoms with Gasteiger partial charge in [-0.3, -0.25) is 4.98 Å². The van der Waals surface area contributed by atoms with E-state index < -0.39 is 6.09 Å². The van der Waals surface area contributed by atoms with Crippen LogP contribution in [-0.2, 0) is 4.74 Å². The summed E-state index contributed by atoms with van der Waals surface area (Å²) in [7, 11) is 0. The molecular formula is C27H29N5O2. The van der Waals surface area contributed by atoms with Crippen LogP contribution in [0.25, 0.3) is 22.5 Å². The number of imidazole rings is 1. The minimum absolute atomic E-state index is 0.244. The zero-order valence-corrected chi connectivity index (χ0v) is 19.5. The van der Waals surface area contributed by atoms with E-state index in [9.17, 15) is 4.79 Å². The second-order valence-electron chi connectivity index (χ2n) is 8.24. The number of ether oxygens (including phenoxy) is 1. The third-order valence-electron chi connectivity index (χ3n) is 5.51. The Morgan fingerprint density at radius 1 is 0.971 bits per heavy atom. The van der Waals surface area contributed by atoms with Crippen molar-refractivity contribution in [2.45, 2.75) is 32.7 Å². The number of aromatic nitrogens is 4. The van der Waals surface area contributed by atoms with Crippen molar-refractivity contribution >= 4 is 11.9 Å². The largest absolute Gasteiger partial charge is 0.449 e. The van der Waals surface area contributed by atoms with Crippen molar-refractivity contribution in [1.29, 1.82) is 0 Å². The van der Waals surface area contributed by atoms with E-state index in [4.69, 9.17) is 14.7 Å². The predicted molar refractivity (Wildman–Crippen MR) is 134 cm³/mol. The van der Waals surface area contributed by atoms with Crippen LogP contribution in [0.4, 0.5) is 10.6 Å². The van der Waals surface area contributed by atoms with Gasteiger partial charge in [-0.2, -0.15) is 0 Å². The normalized spacial score (nSPS) is 10.9. The third kappa shape index (κ3) is 5.67. The van der Waals surface area contributed by atoms with Crippen molar-refractivity contribution in [2.75, 3.05) is 18.1 Å². The Balaban J connectivity index is 1.48. The fourth-order valence-corrected chi connectivity index (χ4v) is 3.75. The number of benzene rings is 2. The lowest BCUT2D eigenvalue weighted by Crippen LogP contribution is -2.33. The molecule has 4 aromatic rings. The molecule has 0 fully saturated rings. The standard InChI is InChI=1S/C27H29N5O2/c1-21(2)32(16-9-10-18-34-27(33)31-17-15-28-20-31)24-19-29-25(22-11-5-3-6-12-22)26(30-24)23-13-7-4-8-14-23/h3-8,11-15,17,19-21H,9-10,16,18H2,1-2H3. The Morgan fingerprint density at radius 2 is 1.65 bits per heavy atom. The monoisotopic (exact) mass is 455 g/mol. The number of carbonyl (C=O) groups excluding carboxylic acids is 1. The van der Waals surface area contributed by atoms with E-state index in [0.29, 0.717) is 6.61 Å². The van der Waals surface area contributed by atoms with E-state index in [1.165, 1.54) is 10.9 Å². The molecule has 0 aliphatic heterocycles. The summed E-state index contributed by atoms with van der Waals surface area (Å²) in [5.41, 5.74) is 3.80. The molecule has 0 unspecified atom stereocenters. The molecule has 2 aromatic carbocycles. The van der Waals surface area contributed by atoms with Gasteiger partial charge in [-0.05, 0) is 26.7 Å². The molecule has 0 radical (unpaired) electrons. The highest BCUT2D eigenvalue weighted by Crippen LogP contribution is 2.31. The summed E-state index contributed by atoms with van der Waals surface area (Å²) in [6, 6.07) is 20.6. The molecule has 2 aromatic heterocycles. The van der Waals surface area contributed by atoms with Crippen LogP contribution in [0.15, 0.2) is 85.6 Å². The number of hydrogen-bond donors (Lipinski definition) is 0. The van der Waals surface area contributed by atoms with Crippen LogP contribution in [-0.4, -0.2) is 44.8 Å². The van der Waals surface area contributed by atoms with E-state index >= 15 is 0 Å². The second-order valence-corrected chi connectivity index (χ2v) is 8.24. The minimum atomic E-state index is -0.409. The van der Waals surface area contributed by atoms with Gasteiger partial charge in [0.15, 0.2) is 0 Å². The highest BCUT2D eigenvalue weighted by atomic mass is 16.5. The number of rotatable bonds is 9. The van der Waals surface area contributed by atoms with Crippen molar-refractivity contribution in [3.63, 3.8) is 0 Å². The first-order valence-electron chi connectivity index (χ1n) is 11.5. The van der Waals surface area contributed by atoms with Gasteiger partial charge in [0.1, 0.15) is 12.1 Å². The fourth-order valence-electron chi connectivity index (χ4n) is 3.75. The van der Waals surface area contributed by atoms with Gasteiger partial charge in [0, 0.05) is 36.1 Å². The van der Waals surface area contributed by atoms with Gasteiger partial charge in [0.25, 0.3) is 0 Å². The predicted octanol–water partition coefficient (Wildman–Crippen LogP) is 5.69. The van der Waals surface area contributed by atoms with Crippen LogP contribution in [0, 0.1) is 0 Å². The zero-order valence-electron chi connectivity index (χ0n) is 19.5. The summed E-state index contributed by atoms with van der Waals surface area (Å²) >= 11 is 0. The molecule has 0 saturated heterocycles. The van der Waals surface area contributed by atoms with Gasteiger partial charge in [-0.1, -0.05) is 60.7 Å². The van der Waals surface area contributed by atoms with Gasteiger partial charge >= 0.3 is 6.09 Å². The maximum Gasteiger partial charge on any atom is 0.419 e. The molecule has 0 spiro atoms. The second kappa shape index (κ2) is 11.2. The molecular weight excluding hydrogens is 426 g/mol. The van der Waals surface area contributed by atoms with Crippen LogP contribution in [0.1, 0.15) is 26.7 Å². The third-order valence-corrected chi connectivity index (χ3v) is 5.51. The van der Waals surface area contributed by atoms with Crippen molar-refractivity contribution < 1.29 is 9.53 Å². The van der Waals surface area contributed by atoms with Crippen molar-refractivity contribution in [3.8, 4) is 22.5 Å². The van der Waals surface area contributed by atoms with Crippen LogP contribution in [0.3, 0.4) is 0 Å².